The molecule has 2 atom stereocenters. The first kappa shape index (κ1) is 20.7. The SMILES string of the molecule is C/C=C/CC(NC(=O)C1CCCN(C(=O)c2cc(C)cc(C)c2)C1)C(=O)O. The van der Waals surface area contributed by atoms with Crippen LogP contribution in [0.4, 0.5) is 0 Å². The summed E-state index contributed by atoms with van der Waals surface area (Å²) in [4.78, 5) is 38.4. The van der Waals surface area contributed by atoms with Crippen LogP contribution in [0, 0.1) is 19.8 Å². The van der Waals surface area contributed by atoms with E-state index in [1.54, 1.807) is 24.0 Å². The molecule has 1 aromatic rings. The van der Waals surface area contributed by atoms with Crippen molar-refractivity contribution in [1.29, 1.82) is 0 Å². The van der Waals surface area contributed by atoms with Crippen LogP contribution in [0.25, 0.3) is 0 Å². The Kier molecular flexibility index (Phi) is 7.16. The molecule has 1 aliphatic rings. The van der Waals surface area contributed by atoms with Gasteiger partial charge < -0.3 is 15.3 Å². The number of rotatable bonds is 6. The summed E-state index contributed by atoms with van der Waals surface area (Å²) in [5.74, 6) is -1.82. The number of carboxylic acids is 1. The molecule has 0 bridgehead atoms. The van der Waals surface area contributed by atoms with Crippen molar-refractivity contribution in [3.8, 4) is 0 Å². The lowest BCUT2D eigenvalue weighted by atomic mass is 9.95. The van der Waals surface area contributed by atoms with Crippen molar-refractivity contribution >= 4 is 17.8 Å². The van der Waals surface area contributed by atoms with Gasteiger partial charge in [0.1, 0.15) is 6.04 Å². The third-order valence-corrected chi connectivity index (χ3v) is 4.77. The van der Waals surface area contributed by atoms with E-state index >= 15 is 0 Å². The highest BCUT2D eigenvalue weighted by Gasteiger charge is 2.31. The third kappa shape index (κ3) is 5.67. The highest BCUT2D eigenvalue weighted by atomic mass is 16.4. The van der Waals surface area contributed by atoms with E-state index in [1.165, 1.54) is 0 Å². The second kappa shape index (κ2) is 9.35. The fourth-order valence-electron chi connectivity index (χ4n) is 3.44. The van der Waals surface area contributed by atoms with Crippen molar-refractivity contribution in [3.05, 3.63) is 47.0 Å². The predicted octanol–water partition coefficient (Wildman–Crippen LogP) is 2.69. The van der Waals surface area contributed by atoms with Crippen molar-refractivity contribution < 1.29 is 19.5 Å². The van der Waals surface area contributed by atoms with Crippen molar-refractivity contribution in [2.45, 2.75) is 46.1 Å². The molecular formula is C21H28N2O4. The van der Waals surface area contributed by atoms with Gasteiger partial charge in [0.05, 0.1) is 5.92 Å². The summed E-state index contributed by atoms with van der Waals surface area (Å²) >= 11 is 0. The largest absolute Gasteiger partial charge is 0.480 e. The van der Waals surface area contributed by atoms with Crippen LogP contribution in [0.1, 0.15) is 47.7 Å². The summed E-state index contributed by atoms with van der Waals surface area (Å²) in [7, 11) is 0. The van der Waals surface area contributed by atoms with Gasteiger partial charge in [0.15, 0.2) is 0 Å². The molecule has 2 rings (SSSR count). The number of benzene rings is 1. The molecule has 0 radical (unpaired) electrons. The minimum Gasteiger partial charge on any atom is -0.480 e. The van der Waals surface area contributed by atoms with E-state index in [1.807, 2.05) is 32.0 Å². The van der Waals surface area contributed by atoms with E-state index in [9.17, 15) is 19.5 Å². The lowest BCUT2D eigenvalue weighted by Crippen LogP contribution is -2.49. The first-order valence-corrected chi connectivity index (χ1v) is 9.33. The third-order valence-electron chi connectivity index (χ3n) is 4.77. The highest BCUT2D eigenvalue weighted by molar-refractivity contribution is 5.95. The molecule has 0 aliphatic carbocycles. The zero-order valence-electron chi connectivity index (χ0n) is 16.2. The van der Waals surface area contributed by atoms with E-state index in [0.29, 0.717) is 25.1 Å². The van der Waals surface area contributed by atoms with E-state index in [4.69, 9.17) is 0 Å². The van der Waals surface area contributed by atoms with Crippen molar-refractivity contribution in [1.82, 2.24) is 10.2 Å². The quantitative estimate of drug-likeness (QED) is 0.752. The number of carbonyl (C=O) groups excluding carboxylic acids is 2. The molecular weight excluding hydrogens is 344 g/mol. The molecule has 2 unspecified atom stereocenters. The van der Waals surface area contributed by atoms with Crippen molar-refractivity contribution in [2.75, 3.05) is 13.1 Å². The number of piperidine rings is 1. The molecule has 146 valence electrons. The molecule has 6 nitrogen and oxygen atoms in total. The van der Waals surface area contributed by atoms with E-state index in [-0.39, 0.29) is 24.2 Å². The van der Waals surface area contributed by atoms with Gasteiger partial charge >= 0.3 is 5.97 Å². The summed E-state index contributed by atoms with van der Waals surface area (Å²) in [6, 6.07) is 4.78. The molecule has 1 fully saturated rings. The fourth-order valence-corrected chi connectivity index (χ4v) is 3.44. The number of hydrogen-bond acceptors (Lipinski definition) is 3. The van der Waals surface area contributed by atoms with Gasteiger partial charge in [0.25, 0.3) is 5.91 Å². The topological polar surface area (TPSA) is 86.7 Å². The second-order valence-corrected chi connectivity index (χ2v) is 7.17. The second-order valence-electron chi connectivity index (χ2n) is 7.17. The number of carboxylic acid groups (broad SMARTS) is 1. The summed E-state index contributed by atoms with van der Waals surface area (Å²) in [5.41, 5.74) is 2.68. The number of aryl methyl sites for hydroxylation is 2. The number of aliphatic carboxylic acids is 1. The molecule has 1 heterocycles. The lowest BCUT2D eigenvalue weighted by Gasteiger charge is -2.32. The van der Waals surface area contributed by atoms with Crippen LogP contribution < -0.4 is 5.32 Å². The average molecular weight is 372 g/mol. The number of nitrogens with zero attached hydrogens (tertiary/aromatic N) is 1. The summed E-state index contributed by atoms with van der Waals surface area (Å²) in [6.45, 7) is 6.63. The number of nitrogens with one attached hydrogen (secondary N) is 1. The normalized spacial score (nSPS) is 18.3. The van der Waals surface area contributed by atoms with Gasteiger partial charge in [-0.25, -0.2) is 4.79 Å². The lowest BCUT2D eigenvalue weighted by molar-refractivity contribution is -0.142. The van der Waals surface area contributed by atoms with E-state index < -0.39 is 12.0 Å². The summed E-state index contributed by atoms with van der Waals surface area (Å²) < 4.78 is 0. The molecule has 2 N–H and O–H groups in total. The van der Waals surface area contributed by atoms with Crippen LogP contribution in [-0.2, 0) is 9.59 Å². The van der Waals surface area contributed by atoms with Gasteiger partial charge in [-0.05, 0) is 52.2 Å². The zero-order chi connectivity index (χ0) is 20.0. The molecule has 1 saturated heterocycles. The van der Waals surface area contributed by atoms with Crippen molar-refractivity contribution in [2.24, 2.45) is 5.92 Å². The van der Waals surface area contributed by atoms with Crippen LogP contribution in [-0.4, -0.2) is 46.9 Å². The van der Waals surface area contributed by atoms with Gasteiger partial charge in [0.2, 0.25) is 5.91 Å². The molecule has 0 spiro atoms. The number of allylic oxidation sites excluding steroid dienone is 1. The van der Waals surface area contributed by atoms with Gasteiger partial charge in [-0.2, -0.15) is 0 Å². The molecule has 27 heavy (non-hydrogen) atoms. The van der Waals surface area contributed by atoms with Crippen LogP contribution in [0.3, 0.4) is 0 Å². The summed E-state index contributed by atoms with van der Waals surface area (Å²) in [5, 5.41) is 11.9. The Morgan fingerprint density at radius 3 is 2.52 bits per heavy atom. The molecule has 6 heteroatoms. The summed E-state index contributed by atoms with van der Waals surface area (Å²) in [6.07, 6.45) is 5.10. The van der Waals surface area contributed by atoms with Crippen LogP contribution in [0.15, 0.2) is 30.4 Å². The molecule has 1 aromatic carbocycles. The Bertz CT molecular complexity index is 721. The Balaban J connectivity index is 2.04. The maximum Gasteiger partial charge on any atom is 0.326 e. The number of likely N-dealkylation sites (tertiary alicyclic amines) is 1. The van der Waals surface area contributed by atoms with Crippen LogP contribution in [0.2, 0.25) is 0 Å². The van der Waals surface area contributed by atoms with E-state index in [0.717, 1.165) is 17.5 Å². The predicted molar refractivity (Wildman–Crippen MR) is 104 cm³/mol. The number of hydrogen-bond donors (Lipinski definition) is 2. The van der Waals surface area contributed by atoms with E-state index in [2.05, 4.69) is 5.32 Å². The average Bonchev–Trinajstić information content (AvgIpc) is 2.63. The first-order valence-electron chi connectivity index (χ1n) is 9.33. The minimum absolute atomic E-state index is 0.0806. The van der Waals surface area contributed by atoms with Gasteiger partial charge in [-0.3, -0.25) is 9.59 Å². The number of amides is 2. The Labute approximate surface area is 160 Å². The maximum absolute atomic E-state index is 12.8. The smallest absolute Gasteiger partial charge is 0.326 e. The van der Waals surface area contributed by atoms with Gasteiger partial charge in [0, 0.05) is 18.7 Å². The molecule has 1 aliphatic heterocycles. The monoisotopic (exact) mass is 372 g/mol. The Hall–Kier alpha value is -2.63. The van der Waals surface area contributed by atoms with Crippen molar-refractivity contribution in [3.63, 3.8) is 0 Å². The molecule has 0 aromatic heterocycles. The zero-order valence-corrected chi connectivity index (χ0v) is 16.2. The van der Waals surface area contributed by atoms with Gasteiger partial charge in [-0.15, -0.1) is 0 Å². The standard InChI is InChI=1S/C21H28N2O4/c1-4-5-8-18(21(26)27)22-19(24)16-7-6-9-23(13-16)20(25)17-11-14(2)10-15(3)12-17/h4-5,10-12,16,18H,6-9,13H2,1-3H3,(H,22,24)(H,26,27)/b5-4+. The molecule has 0 saturated carbocycles. The highest BCUT2D eigenvalue weighted by Crippen LogP contribution is 2.20. The number of carbonyl (C=O) groups is 3. The fraction of sp³-hybridized carbons (Fsp3) is 0.476. The molecule has 2 amide bonds. The first-order chi connectivity index (χ1) is 12.8. The van der Waals surface area contributed by atoms with Crippen LogP contribution in [0.5, 0.6) is 0 Å². The van der Waals surface area contributed by atoms with Gasteiger partial charge in [-0.1, -0.05) is 29.3 Å². The maximum atomic E-state index is 12.8. The van der Waals surface area contributed by atoms with Crippen LogP contribution >= 0.6 is 0 Å². The Morgan fingerprint density at radius 2 is 1.93 bits per heavy atom. The minimum atomic E-state index is -1.06. The Morgan fingerprint density at radius 1 is 1.26 bits per heavy atom.